The van der Waals surface area contributed by atoms with Crippen LogP contribution in [-0.4, -0.2) is 19.0 Å². The van der Waals surface area contributed by atoms with E-state index in [4.69, 9.17) is 5.73 Å². The van der Waals surface area contributed by atoms with E-state index in [1.165, 1.54) is 12.1 Å². The number of carbonyl (C=O) groups is 1. The monoisotopic (exact) mass is 317 g/mol. The standard InChI is InChI=1S/C19H31N3O/c1-12-7-13(2)11-22(10-12)17-9-16(15(20)8-14(17)3)21-18(23)19(4,5)6/h8-9,12-13H,7,10-11,20H2,1-6H3,(H,21,23)/t12-,13+. The topological polar surface area (TPSA) is 58.4 Å². The first-order valence-electron chi connectivity index (χ1n) is 8.54. The minimum absolute atomic E-state index is 0.0145. The van der Waals surface area contributed by atoms with Crippen LogP contribution in [0, 0.1) is 24.2 Å². The molecule has 1 aliphatic heterocycles. The summed E-state index contributed by atoms with van der Waals surface area (Å²) in [6.45, 7) is 14.5. The zero-order valence-corrected chi connectivity index (χ0v) is 15.4. The molecule has 1 amide bonds. The molecule has 0 aliphatic carbocycles. The molecule has 0 bridgehead atoms. The van der Waals surface area contributed by atoms with Gasteiger partial charge in [0.1, 0.15) is 0 Å². The fourth-order valence-electron chi connectivity index (χ4n) is 3.34. The summed E-state index contributed by atoms with van der Waals surface area (Å²) in [7, 11) is 0. The second-order valence-corrected chi connectivity index (χ2v) is 8.28. The van der Waals surface area contributed by atoms with Gasteiger partial charge in [0.25, 0.3) is 0 Å². The third-order valence-electron chi connectivity index (χ3n) is 4.51. The van der Waals surface area contributed by atoms with Crippen LogP contribution >= 0.6 is 0 Å². The van der Waals surface area contributed by atoms with Crippen molar-refractivity contribution in [3.05, 3.63) is 17.7 Å². The first kappa shape index (κ1) is 17.6. The van der Waals surface area contributed by atoms with Gasteiger partial charge in [-0.15, -0.1) is 0 Å². The van der Waals surface area contributed by atoms with Gasteiger partial charge in [0.05, 0.1) is 11.4 Å². The van der Waals surface area contributed by atoms with Gasteiger partial charge in [-0.1, -0.05) is 34.6 Å². The van der Waals surface area contributed by atoms with Crippen LogP contribution in [0.1, 0.15) is 46.6 Å². The number of hydrogen-bond acceptors (Lipinski definition) is 3. The molecule has 128 valence electrons. The number of nitrogens with two attached hydrogens (primary N) is 1. The molecule has 4 nitrogen and oxygen atoms in total. The molecule has 2 atom stereocenters. The first-order chi connectivity index (χ1) is 10.6. The predicted molar refractivity (Wildman–Crippen MR) is 98.8 cm³/mol. The third-order valence-corrected chi connectivity index (χ3v) is 4.51. The van der Waals surface area contributed by atoms with E-state index in [1.807, 2.05) is 32.9 Å². The first-order valence-corrected chi connectivity index (χ1v) is 8.54. The number of hydrogen-bond donors (Lipinski definition) is 2. The van der Waals surface area contributed by atoms with Gasteiger partial charge in [0.2, 0.25) is 5.91 Å². The molecule has 2 rings (SSSR count). The number of carbonyl (C=O) groups excluding carboxylic acids is 1. The zero-order chi connectivity index (χ0) is 17.4. The van der Waals surface area contributed by atoms with Crippen LogP contribution in [0.3, 0.4) is 0 Å². The number of nitrogens with zero attached hydrogens (tertiary/aromatic N) is 1. The lowest BCUT2D eigenvalue weighted by Gasteiger charge is -2.37. The Labute approximate surface area is 140 Å². The Morgan fingerprint density at radius 2 is 1.78 bits per heavy atom. The molecule has 0 aromatic heterocycles. The number of aryl methyl sites for hydroxylation is 1. The van der Waals surface area contributed by atoms with E-state index in [2.05, 4.69) is 31.0 Å². The van der Waals surface area contributed by atoms with Crippen LogP contribution in [0.15, 0.2) is 12.1 Å². The van der Waals surface area contributed by atoms with Gasteiger partial charge in [-0.2, -0.15) is 0 Å². The van der Waals surface area contributed by atoms with Crippen molar-refractivity contribution < 1.29 is 4.79 Å². The van der Waals surface area contributed by atoms with Crippen molar-refractivity contribution in [1.82, 2.24) is 0 Å². The number of anilines is 3. The van der Waals surface area contributed by atoms with Crippen molar-refractivity contribution in [2.24, 2.45) is 17.3 Å². The van der Waals surface area contributed by atoms with Crippen LogP contribution in [0.5, 0.6) is 0 Å². The van der Waals surface area contributed by atoms with E-state index >= 15 is 0 Å². The smallest absolute Gasteiger partial charge is 0.229 e. The van der Waals surface area contributed by atoms with E-state index in [0.29, 0.717) is 17.5 Å². The van der Waals surface area contributed by atoms with Crippen molar-refractivity contribution in [2.45, 2.75) is 48.0 Å². The molecule has 0 spiro atoms. The molecule has 4 heteroatoms. The molecule has 3 N–H and O–H groups in total. The van der Waals surface area contributed by atoms with Crippen LogP contribution in [0.25, 0.3) is 0 Å². The highest BCUT2D eigenvalue weighted by molar-refractivity contribution is 5.98. The summed E-state index contributed by atoms with van der Waals surface area (Å²) in [5, 5.41) is 2.99. The van der Waals surface area contributed by atoms with Crippen molar-refractivity contribution in [1.29, 1.82) is 0 Å². The van der Waals surface area contributed by atoms with Gasteiger partial charge in [-0.25, -0.2) is 0 Å². The summed E-state index contributed by atoms with van der Waals surface area (Å²) in [5.74, 6) is 1.35. The Balaban J connectivity index is 2.31. The molecule has 1 aromatic carbocycles. The van der Waals surface area contributed by atoms with Gasteiger partial charge in [-0.05, 0) is 42.9 Å². The highest BCUT2D eigenvalue weighted by Gasteiger charge is 2.25. The molecule has 0 radical (unpaired) electrons. The van der Waals surface area contributed by atoms with Crippen LogP contribution < -0.4 is 16.0 Å². The second kappa shape index (κ2) is 6.42. The number of benzene rings is 1. The number of nitrogens with one attached hydrogen (secondary N) is 1. The summed E-state index contributed by atoms with van der Waals surface area (Å²) in [5.41, 5.74) is 9.39. The summed E-state index contributed by atoms with van der Waals surface area (Å²) in [6, 6.07) is 4.01. The molecule has 1 heterocycles. The molecule has 1 fully saturated rings. The fraction of sp³-hybridized carbons (Fsp3) is 0.632. The zero-order valence-electron chi connectivity index (χ0n) is 15.4. The molecule has 1 aromatic rings. The lowest BCUT2D eigenvalue weighted by Crippen LogP contribution is -2.39. The Morgan fingerprint density at radius 3 is 2.30 bits per heavy atom. The SMILES string of the molecule is Cc1cc(N)c(NC(=O)C(C)(C)C)cc1N1C[C@H](C)C[C@H](C)C1. The lowest BCUT2D eigenvalue weighted by molar-refractivity contribution is -0.123. The average Bonchev–Trinajstić information content (AvgIpc) is 2.39. The lowest BCUT2D eigenvalue weighted by atomic mass is 9.91. The van der Waals surface area contributed by atoms with E-state index in [-0.39, 0.29) is 5.91 Å². The van der Waals surface area contributed by atoms with Crippen LogP contribution in [-0.2, 0) is 4.79 Å². The fourth-order valence-corrected chi connectivity index (χ4v) is 3.34. The molecule has 0 unspecified atom stereocenters. The van der Waals surface area contributed by atoms with Gasteiger partial charge in [-0.3, -0.25) is 4.79 Å². The van der Waals surface area contributed by atoms with Crippen LogP contribution in [0.4, 0.5) is 17.1 Å². The Bertz CT molecular complexity index is 579. The maximum atomic E-state index is 12.3. The quantitative estimate of drug-likeness (QED) is 0.809. The summed E-state index contributed by atoms with van der Waals surface area (Å²) in [6.07, 6.45) is 1.28. The minimum Gasteiger partial charge on any atom is -0.397 e. The van der Waals surface area contributed by atoms with Crippen molar-refractivity contribution in [3.8, 4) is 0 Å². The van der Waals surface area contributed by atoms with E-state index in [0.717, 1.165) is 24.3 Å². The van der Waals surface area contributed by atoms with Gasteiger partial charge in [0.15, 0.2) is 0 Å². The molecular weight excluding hydrogens is 286 g/mol. The Hall–Kier alpha value is -1.71. The summed E-state index contributed by atoms with van der Waals surface area (Å²) in [4.78, 5) is 14.7. The van der Waals surface area contributed by atoms with Gasteiger partial charge >= 0.3 is 0 Å². The summed E-state index contributed by atoms with van der Waals surface area (Å²) >= 11 is 0. The second-order valence-electron chi connectivity index (χ2n) is 8.28. The van der Waals surface area contributed by atoms with Gasteiger partial charge < -0.3 is 16.0 Å². The average molecular weight is 317 g/mol. The van der Waals surface area contributed by atoms with E-state index in [9.17, 15) is 4.79 Å². The maximum absolute atomic E-state index is 12.3. The highest BCUT2D eigenvalue weighted by Crippen LogP contribution is 2.34. The van der Waals surface area contributed by atoms with Crippen LogP contribution in [0.2, 0.25) is 0 Å². The molecular formula is C19H31N3O. The van der Waals surface area contributed by atoms with E-state index in [1.54, 1.807) is 0 Å². The predicted octanol–water partition coefficient (Wildman–Crippen LogP) is 4.04. The molecule has 0 saturated carbocycles. The van der Waals surface area contributed by atoms with Crippen molar-refractivity contribution in [2.75, 3.05) is 29.0 Å². The number of piperidine rings is 1. The molecule has 1 aliphatic rings. The van der Waals surface area contributed by atoms with Gasteiger partial charge in [0, 0.05) is 24.2 Å². The van der Waals surface area contributed by atoms with Crippen molar-refractivity contribution >= 4 is 23.0 Å². The maximum Gasteiger partial charge on any atom is 0.229 e. The Kier molecular flexibility index (Phi) is 4.92. The number of amides is 1. The summed E-state index contributed by atoms with van der Waals surface area (Å²) < 4.78 is 0. The highest BCUT2D eigenvalue weighted by atomic mass is 16.2. The number of nitrogen functional groups attached to an aromatic ring is 1. The molecule has 1 saturated heterocycles. The largest absolute Gasteiger partial charge is 0.397 e. The molecule has 23 heavy (non-hydrogen) atoms. The van der Waals surface area contributed by atoms with E-state index < -0.39 is 5.41 Å². The third kappa shape index (κ3) is 4.18. The Morgan fingerprint density at radius 1 is 1.22 bits per heavy atom. The normalized spacial score (nSPS) is 22.1. The van der Waals surface area contributed by atoms with Crippen molar-refractivity contribution in [3.63, 3.8) is 0 Å². The minimum atomic E-state index is -0.439. The number of rotatable bonds is 2.